The average Bonchev–Trinajstić information content (AvgIpc) is 1.80. The summed E-state index contributed by atoms with van der Waals surface area (Å²) in [5, 5.41) is 3.15. The van der Waals surface area contributed by atoms with Crippen LogP contribution in [0.25, 0.3) is 0 Å². The van der Waals surface area contributed by atoms with E-state index >= 15 is 0 Å². The maximum absolute atomic E-state index is 2.35. The van der Waals surface area contributed by atoms with Crippen LogP contribution in [0.15, 0.2) is 0 Å². The summed E-state index contributed by atoms with van der Waals surface area (Å²) in [5.74, 6) is 0. The zero-order chi connectivity index (χ0) is 10.4. The molecule has 0 aromatic carbocycles. The first kappa shape index (κ1) is 13.7. The molecule has 2 heteroatoms. The molecule has 0 aliphatic heterocycles. The van der Waals surface area contributed by atoms with Crippen LogP contribution >= 0.6 is 23.5 Å². The van der Waals surface area contributed by atoms with Gasteiger partial charge in [0.2, 0.25) is 0 Å². The minimum absolute atomic E-state index is 0.770. The minimum atomic E-state index is 0.770. The summed E-state index contributed by atoms with van der Waals surface area (Å²) < 4.78 is 0. The van der Waals surface area contributed by atoms with Crippen LogP contribution in [0.2, 0.25) is 0 Å². The van der Waals surface area contributed by atoms with E-state index in [1.54, 1.807) is 0 Å². The van der Waals surface area contributed by atoms with Crippen molar-refractivity contribution in [1.29, 1.82) is 0 Å². The largest absolute Gasteiger partial charge is 0.156 e. The van der Waals surface area contributed by atoms with Crippen LogP contribution in [0.3, 0.4) is 0 Å². The molecule has 0 spiro atoms. The van der Waals surface area contributed by atoms with Crippen LogP contribution in [0.1, 0.15) is 48.0 Å². The number of hydrogen-bond acceptors (Lipinski definition) is 2. The summed E-state index contributed by atoms with van der Waals surface area (Å²) in [5.41, 5.74) is 0. The Morgan fingerprint density at radius 2 is 1.00 bits per heavy atom. The van der Waals surface area contributed by atoms with Gasteiger partial charge < -0.3 is 0 Å². The standard InChI is InChI=1S/C11H24S2/c1-8(2)12-10(5)7-11(6)13-9(3)4/h8-11H,7H2,1-6H3/t10-,11-/m0/s1. The van der Waals surface area contributed by atoms with Crippen molar-refractivity contribution >= 4 is 23.5 Å². The lowest BCUT2D eigenvalue weighted by molar-refractivity contribution is 0.795. The second-order valence-electron chi connectivity index (χ2n) is 4.23. The van der Waals surface area contributed by atoms with Crippen LogP contribution in [-0.2, 0) is 0 Å². The summed E-state index contributed by atoms with van der Waals surface area (Å²) in [6, 6.07) is 0. The van der Waals surface area contributed by atoms with Gasteiger partial charge >= 0.3 is 0 Å². The van der Waals surface area contributed by atoms with Gasteiger partial charge in [0.05, 0.1) is 0 Å². The van der Waals surface area contributed by atoms with Crippen molar-refractivity contribution in [2.24, 2.45) is 0 Å². The molecular weight excluding hydrogens is 196 g/mol. The van der Waals surface area contributed by atoms with Crippen LogP contribution in [0.4, 0.5) is 0 Å². The molecule has 0 unspecified atom stereocenters. The zero-order valence-electron chi connectivity index (χ0n) is 9.83. The van der Waals surface area contributed by atoms with Gasteiger partial charge in [-0.1, -0.05) is 41.5 Å². The number of hydrogen-bond donors (Lipinski definition) is 0. The lowest BCUT2D eigenvalue weighted by atomic mass is 10.3. The maximum Gasteiger partial charge on any atom is 0.00317 e. The quantitative estimate of drug-likeness (QED) is 0.649. The van der Waals surface area contributed by atoms with E-state index in [2.05, 4.69) is 65.1 Å². The molecule has 2 atom stereocenters. The lowest BCUT2D eigenvalue weighted by Crippen LogP contribution is -2.10. The van der Waals surface area contributed by atoms with Gasteiger partial charge in [0.25, 0.3) is 0 Å². The van der Waals surface area contributed by atoms with Crippen LogP contribution < -0.4 is 0 Å². The van der Waals surface area contributed by atoms with Gasteiger partial charge in [0.15, 0.2) is 0 Å². The predicted molar refractivity (Wildman–Crippen MR) is 69.0 cm³/mol. The Labute approximate surface area is 92.6 Å². The molecule has 80 valence electrons. The molecule has 0 heterocycles. The Hall–Kier alpha value is 0.700. The molecule has 0 saturated carbocycles. The molecule has 0 bridgehead atoms. The van der Waals surface area contributed by atoms with Crippen molar-refractivity contribution in [2.45, 2.75) is 69.0 Å². The number of thioether (sulfide) groups is 2. The Morgan fingerprint density at radius 3 is 1.23 bits per heavy atom. The first-order valence-corrected chi connectivity index (χ1v) is 7.11. The molecule has 13 heavy (non-hydrogen) atoms. The Kier molecular flexibility index (Phi) is 7.43. The first-order valence-electron chi connectivity index (χ1n) is 5.22. The molecule has 0 nitrogen and oxygen atoms in total. The van der Waals surface area contributed by atoms with E-state index in [0.29, 0.717) is 0 Å². The van der Waals surface area contributed by atoms with Crippen molar-refractivity contribution < 1.29 is 0 Å². The summed E-state index contributed by atoms with van der Waals surface area (Å²) in [6.07, 6.45) is 1.34. The zero-order valence-corrected chi connectivity index (χ0v) is 11.5. The lowest BCUT2D eigenvalue weighted by Gasteiger charge is -2.19. The van der Waals surface area contributed by atoms with E-state index in [9.17, 15) is 0 Å². The number of rotatable bonds is 6. The van der Waals surface area contributed by atoms with E-state index in [0.717, 1.165) is 21.0 Å². The van der Waals surface area contributed by atoms with Gasteiger partial charge in [-0.05, 0) is 16.9 Å². The third-order valence-electron chi connectivity index (χ3n) is 1.67. The second kappa shape index (κ2) is 7.05. The second-order valence-corrected chi connectivity index (χ2v) is 8.27. The molecule has 0 aliphatic rings. The molecule has 0 radical (unpaired) electrons. The highest BCUT2D eigenvalue weighted by Crippen LogP contribution is 2.27. The summed E-state index contributed by atoms with van der Waals surface area (Å²) in [7, 11) is 0. The Bertz CT molecular complexity index is 107. The van der Waals surface area contributed by atoms with Gasteiger partial charge in [-0.25, -0.2) is 0 Å². The fourth-order valence-electron chi connectivity index (χ4n) is 1.51. The average molecular weight is 220 g/mol. The van der Waals surface area contributed by atoms with Gasteiger partial charge in [0, 0.05) is 10.5 Å². The predicted octanol–water partition coefficient (Wildman–Crippen LogP) is 4.44. The van der Waals surface area contributed by atoms with Crippen LogP contribution in [-0.4, -0.2) is 21.0 Å². The van der Waals surface area contributed by atoms with Crippen LogP contribution in [0.5, 0.6) is 0 Å². The van der Waals surface area contributed by atoms with Crippen molar-refractivity contribution in [3.8, 4) is 0 Å². The third kappa shape index (κ3) is 9.01. The van der Waals surface area contributed by atoms with Gasteiger partial charge in [-0.2, -0.15) is 23.5 Å². The van der Waals surface area contributed by atoms with E-state index in [1.165, 1.54) is 6.42 Å². The molecule has 0 rings (SSSR count). The van der Waals surface area contributed by atoms with E-state index in [4.69, 9.17) is 0 Å². The highest BCUT2D eigenvalue weighted by Gasteiger charge is 2.11. The van der Waals surface area contributed by atoms with Crippen LogP contribution in [0, 0.1) is 0 Å². The maximum atomic E-state index is 2.35. The molecule has 0 aromatic rings. The monoisotopic (exact) mass is 220 g/mol. The molecule has 0 amide bonds. The molecule has 0 aliphatic carbocycles. The molecule has 0 saturated heterocycles. The molecule has 0 aromatic heterocycles. The topological polar surface area (TPSA) is 0 Å². The fraction of sp³-hybridized carbons (Fsp3) is 1.00. The van der Waals surface area contributed by atoms with Gasteiger partial charge in [-0.3, -0.25) is 0 Å². The van der Waals surface area contributed by atoms with E-state index < -0.39 is 0 Å². The molecular formula is C11H24S2. The van der Waals surface area contributed by atoms with Crippen molar-refractivity contribution in [1.82, 2.24) is 0 Å². The SMILES string of the molecule is CC(C)S[C@@H](C)C[C@H](C)SC(C)C. The summed E-state index contributed by atoms with van der Waals surface area (Å²) >= 11 is 4.19. The third-order valence-corrected chi connectivity index (χ3v) is 4.08. The summed E-state index contributed by atoms with van der Waals surface area (Å²) in [6.45, 7) is 13.8. The van der Waals surface area contributed by atoms with Crippen molar-refractivity contribution in [3.05, 3.63) is 0 Å². The highest BCUT2D eigenvalue weighted by molar-refractivity contribution is 8.01. The summed E-state index contributed by atoms with van der Waals surface area (Å²) in [4.78, 5) is 0. The normalized spacial score (nSPS) is 16.6. The Balaban J connectivity index is 3.58. The fourth-order valence-corrected chi connectivity index (χ4v) is 4.29. The smallest absolute Gasteiger partial charge is 0.00317 e. The van der Waals surface area contributed by atoms with E-state index in [-0.39, 0.29) is 0 Å². The van der Waals surface area contributed by atoms with Gasteiger partial charge in [0.1, 0.15) is 0 Å². The molecule has 0 fully saturated rings. The van der Waals surface area contributed by atoms with Crippen molar-refractivity contribution in [2.75, 3.05) is 0 Å². The highest BCUT2D eigenvalue weighted by atomic mass is 32.2. The first-order chi connectivity index (χ1) is 5.91. The molecule has 0 N–H and O–H groups in total. The minimum Gasteiger partial charge on any atom is -0.156 e. The van der Waals surface area contributed by atoms with E-state index in [1.807, 2.05) is 0 Å². The van der Waals surface area contributed by atoms with Crippen molar-refractivity contribution in [3.63, 3.8) is 0 Å². The Morgan fingerprint density at radius 1 is 0.692 bits per heavy atom. The van der Waals surface area contributed by atoms with Gasteiger partial charge in [-0.15, -0.1) is 0 Å².